The minimum Gasteiger partial charge on any atom is -0.379 e. The van der Waals surface area contributed by atoms with E-state index in [0.29, 0.717) is 30.5 Å². The predicted octanol–water partition coefficient (Wildman–Crippen LogP) is 2.22. The van der Waals surface area contributed by atoms with E-state index < -0.39 is 5.60 Å². The zero-order chi connectivity index (χ0) is 12.8. The molecule has 0 fully saturated rings. The summed E-state index contributed by atoms with van der Waals surface area (Å²) in [6.07, 6.45) is 2.75. The highest BCUT2D eigenvalue weighted by molar-refractivity contribution is 5.43. The van der Waals surface area contributed by atoms with Crippen LogP contribution in [0.4, 0.5) is 4.39 Å². The van der Waals surface area contributed by atoms with Gasteiger partial charge in [0, 0.05) is 12.7 Å². The highest BCUT2D eigenvalue weighted by Gasteiger charge is 2.41. The van der Waals surface area contributed by atoms with Crippen LogP contribution in [0.25, 0.3) is 0 Å². The SMILES string of the molecule is CCn1nccc1C1(O)CCc2c(F)cccc21. The van der Waals surface area contributed by atoms with E-state index in [1.807, 2.05) is 13.0 Å². The van der Waals surface area contributed by atoms with Crippen LogP contribution >= 0.6 is 0 Å². The van der Waals surface area contributed by atoms with Crippen LogP contribution in [0.2, 0.25) is 0 Å². The average molecular weight is 246 g/mol. The van der Waals surface area contributed by atoms with E-state index in [1.165, 1.54) is 6.07 Å². The maximum Gasteiger partial charge on any atom is 0.132 e. The molecule has 1 heterocycles. The van der Waals surface area contributed by atoms with E-state index in [1.54, 1.807) is 23.0 Å². The van der Waals surface area contributed by atoms with Crippen LogP contribution in [0.3, 0.4) is 0 Å². The number of hydrogen-bond donors (Lipinski definition) is 1. The minimum atomic E-state index is -1.11. The summed E-state index contributed by atoms with van der Waals surface area (Å²) in [6.45, 7) is 2.66. The van der Waals surface area contributed by atoms with E-state index >= 15 is 0 Å². The first-order valence-corrected chi connectivity index (χ1v) is 6.19. The summed E-state index contributed by atoms with van der Waals surface area (Å²) in [5.41, 5.74) is 0.945. The van der Waals surface area contributed by atoms with Gasteiger partial charge in [0.05, 0.1) is 5.69 Å². The van der Waals surface area contributed by atoms with Crippen LogP contribution in [0.5, 0.6) is 0 Å². The number of aryl methyl sites for hydroxylation is 1. The summed E-state index contributed by atoms with van der Waals surface area (Å²) >= 11 is 0. The van der Waals surface area contributed by atoms with Crippen LogP contribution < -0.4 is 0 Å². The Morgan fingerprint density at radius 1 is 1.44 bits per heavy atom. The number of aliphatic hydroxyl groups is 1. The lowest BCUT2D eigenvalue weighted by molar-refractivity contribution is 0.0729. The van der Waals surface area contributed by atoms with Gasteiger partial charge in [-0.25, -0.2) is 4.39 Å². The number of benzene rings is 1. The van der Waals surface area contributed by atoms with Crippen molar-refractivity contribution in [3.05, 3.63) is 53.1 Å². The summed E-state index contributed by atoms with van der Waals surface area (Å²) in [7, 11) is 0. The monoisotopic (exact) mass is 246 g/mol. The van der Waals surface area contributed by atoms with Crippen molar-refractivity contribution in [2.75, 3.05) is 0 Å². The molecule has 2 aromatic rings. The molecule has 0 saturated heterocycles. The number of halogens is 1. The third kappa shape index (κ3) is 1.42. The van der Waals surface area contributed by atoms with Gasteiger partial charge in [-0.1, -0.05) is 12.1 Å². The van der Waals surface area contributed by atoms with E-state index in [2.05, 4.69) is 5.10 Å². The highest BCUT2D eigenvalue weighted by atomic mass is 19.1. The smallest absolute Gasteiger partial charge is 0.132 e. The topological polar surface area (TPSA) is 38.0 Å². The Kier molecular flexibility index (Phi) is 2.48. The van der Waals surface area contributed by atoms with Gasteiger partial charge in [0.25, 0.3) is 0 Å². The first-order chi connectivity index (χ1) is 8.66. The zero-order valence-corrected chi connectivity index (χ0v) is 10.2. The molecule has 3 rings (SSSR count). The third-order valence-corrected chi connectivity index (χ3v) is 3.74. The lowest BCUT2D eigenvalue weighted by Crippen LogP contribution is -2.27. The van der Waals surface area contributed by atoms with Crippen molar-refractivity contribution in [2.24, 2.45) is 0 Å². The molecular formula is C14H15FN2O. The molecule has 0 amide bonds. The Balaban J connectivity index is 2.18. The van der Waals surface area contributed by atoms with Gasteiger partial charge < -0.3 is 5.11 Å². The molecule has 1 aliphatic carbocycles. The van der Waals surface area contributed by atoms with Crippen LogP contribution in [0.1, 0.15) is 30.2 Å². The quantitative estimate of drug-likeness (QED) is 0.882. The van der Waals surface area contributed by atoms with Crippen LogP contribution in [0.15, 0.2) is 30.5 Å². The summed E-state index contributed by atoms with van der Waals surface area (Å²) in [6, 6.07) is 6.71. The third-order valence-electron chi connectivity index (χ3n) is 3.74. The molecule has 18 heavy (non-hydrogen) atoms. The molecule has 0 aliphatic heterocycles. The molecule has 3 nitrogen and oxygen atoms in total. The average Bonchev–Trinajstić information content (AvgIpc) is 2.96. The second-order valence-corrected chi connectivity index (χ2v) is 4.66. The predicted molar refractivity (Wildman–Crippen MR) is 65.6 cm³/mol. The Morgan fingerprint density at radius 2 is 2.28 bits per heavy atom. The van der Waals surface area contributed by atoms with Crippen molar-refractivity contribution in [3.8, 4) is 0 Å². The largest absolute Gasteiger partial charge is 0.379 e. The summed E-state index contributed by atoms with van der Waals surface area (Å²) in [5, 5.41) is 15.1. The normalized spacial score (nSPS) is 22.2. The molecule has 0 bridgehead atoms. The standard InChI is InChI=1S/C14H15FN2O/c1-2-17-13(7-9-16-17)14(18)8-6-10-11(14)4-3-5-12(10)15/h3-5,7,9,18H,2,6,8H2,1H3. The van der Waals surface area contributed by atoms with Gasteiger partial charge in [0.2, 0.25) is 0 Å². The fourth-order valence-electron chi connectivity index (χ4n) is 2.84. The van der Waals surface area contributed by atoms with Crippen molar-refractivity contribution in [3.63, 3.8) is 0 Å². The zero-order valence-electron chi connectivity index (χ0n) is 10.2. The highest BCUT2D eigenvalue weighted by Crippen LogP contribution is 2.42. The second kappa shape index (κ2) is 3.92. The maximum atomic E-state index is 13.7. The van der Waals surface area contributed by atoms with Crippen LogP contribution in [-0.4, -0.2) is 14.9 Å². The molecule has 1 unspecified atom stereocenters. The van der Waals surface area contributed by atoms with Crippen LogP contribution in [0, 0.1) is 5.82 Å². The Hall–Kier alpha value is -1.68. The van der Waals surface area contributed by atoms with Gasteiger partial charge in [-0.15, -0.1) is 0 Å². The molecule has 1 aromatic carbocycles. The van der Waals surface area contributed by atoms with E-state index in [0.717, 1.165) is 5.69 Å². The van der Waals surface area contributed by atoms with Crippen molar-refractivity contribution in [1.82, 2.24) is 9.78 Å². The number of rotatable bonds is 2. The molecule has 4 heteroatoms. The number of hydrogen-bond acceptors (Lipinski definition) is 2. The van der Waals surface area contributed by atoms with Gasteiger partial charge >= 0.3 is 0 Å². The van der Waals surface area contributed by atoms with Crippen molar-refractivity contribution < 1.29 is 9.50 Å². The van der Waals surface area contributed by atoms with Gasteiger partial charge in [0.1, 0.15) is 11.4 Å². The molecule has 1 aromatic heterocycles. The Bertz CT molecular complexity index is 593. The minimum absolute atomic E-state index is 0.231. The second-order valence-electron chi connectivity index (χ2n) is 4.66. The number of nitrogens with zero attached hydrogens (tertiary/aromatic N) is 2. The number of fused-ring (bicyclic) bond motifs is 1. The summed E-state index contributed by atoms with van der Waals surface area (Å²) in [4.78, 5) is 0. The van der Waals surface area contributed by atoms with Crippen molar-refractivity contribution in [2.45, 2.75) is 31.9 Å². The fraction of sp³-hybridized carbons (Fsp3) is 0.357. The molecule has 1 aliphatic rings. The van der Waals surface area contributed by atoms with E-state index in [4.69, 9.17) is 0 Å². The van der Waals surface area contributed by atoms with Crippen LogP contribution in [-0.2, 0) is 18.6 Å². The summed E-state index contributed by atoms with van der Waals surface area (Å²) < 4.78 is 15.5. The molecular weight excluding hydrogens is 231 g/mol. The lowest BCUT2D eigenvalue weighted by Gasteiger charge is -2.25. The molecule has 0 radical (unpaired) electrons. The summed E-state index contributed by atoms with van der Waals surface area (Å²) in [5.74, 6) is -0.231. The van der Waals surface area contributed by atoms with Gasteiger partial charge in [-0.2, -0.15) is 5.10 Å². The van der Waals surface area contributed by atoms with E-state index in [9.17, 15) is 9.50 Å². The van der Waals surface area contributed by atoms with Crippen molar-refractivity contribution in [1.29, 1.82) is 0 Å². The first kappa shape index (κ1) is 11.4. The van der Waals surface area contributed by atoms with Gasteiger partial charge in [-0.05, 0) is 43.0 Å². The molecule has 0 saturated carbocycles. The molecule has 94 valence electrons. The molecule has 1 atom stereocenters. The first-order valence-electron chi connectivity index (χ1n) is 6.19. The maximum absolute atomic E-state index is 13.7. The number of aromatic nitrogens is 2. The Labute approximate surface area is 105 Å². The Morgan fingerprint density at radius 3 is 3.06 bits per heavy atom. The van der Waals surface area contributed by atoms with Crippen molar-refractivity contribution >= 4 is 0 Å². The lowest BCUT2D eigenvalue weighted by atomic mass is 9.92. The van der Waals surface area contributed by atoms with Gasteiger partial charge in [-0.3, -0.25) is 4.68 Å². The molecule has 0 spiro atoms. The fourth-order valence-corrected chi connectivity index (χ4v) is 2.84. The molecule has 1 N–H and O–H groups in total. The van der Waals surface area contributed by atoms with Gasteiger partial charge in [0.15, 0.2) is 0 Å². The van der Waals surface area contributed by atoms with E-state index in [-0.39, 0.29) is 5.82 Å².